The average Bonchev–Trinajstić information content (AvgIpc) is 2.81. The van der Waals surface area contributed by atoms with Crippen LogP contribution in [0.15, 0.2) is 48.5 Å². The molecular weight excluding hydrogens is 276 g/mol. The molecule has 0 unspecified atom stereocenters. The Labute approximate surface area is 127 Å². The molecule has 2 aromatic rings. The van der Waals surface area contributed by atoms with Gasteiger partial charge < -0.3 is 8.85 Å². The summed E-state index contributed by atoms with van der Waals surface area (Å²) in [6.07, 6.45) is 0. The number of hydrogen-bond donors (Lipinski definition) is 0. The van der Waals surface area contributed by atoms with Crippen LogP contribution in [0.3, 0.4) is 0 Å². The van der Waals surface area contributed by atoms with Crippen LogP contribution in [0.25, 0.3) is 11.1 Å². The van der Waals surface area contributed by atoms with Crippen LogP contribution in [0.5, 0.6) is 0 Å². The van der Waals surface area contributed by atoms with E-state index in [0.717, 1.165) is 0 Å². The highest BCUT2D eigenvalue weighted by atomic mass is 28.4. The molecule has 0 aromatic heterocycles. The SMILES string of the molecule is CC1(C)O[Si]2(OC1(C)C)c1ccccc1-c1ccccc12. The van der Waals surface area contributed by atoms with Crippen LogP contribution in [0.2, 0.25) is 0 Å². The van der Waals surface area contributed by atoms with E-state index in [0.29, 0.717) is 0 Å². The molecule has 0 bridgehead atoms. The molecule has 1 fully saturated rings. The predicted octanol–water partition coefficient (Wildman–Crippen LogP) is 2.83. The highest BCUT2D eigenvalue weighted by Gasteiger charge is 2.64. The van der Waals surface area contributed by atoms with Gasteiger partial charge in [-0.15, -0.1) is 0 Å². The summed E-state index contributed by atoms with van der Waals surface area (Å²) in [7, 11) is -2.58. The molecule has 2 aromatic carbocycles. The summed E-state index contributed by atoms with van der Waals surface area (Å²) in [5, 5.41) is 2.51. The summed E-state index contributed by atoms with van der Waals surface area (Å²) in [6, 6.07) is 17.1. The lowest BCUT2D eigenvalue weighted by molar-refractivity contribution is 0.00578. The van der Waals surface area contributed by atoms with E-state index in [2.05, 4.69) is 76.2 Å². The van der Waals surface area contributed by atoms with E-state index in [4.69, 9.17) is 8.85 Å². The van der Waals surface area contributed by atoms with E-state index >= 15 is 0 Å². The lowest BCUT2D eigenvalue weighted by Gasteiger charge is -2.31. The van der Waals surface area contributed by atoms with Crippen molar-refractivity contribution in [3.8, 4) is 11.1 Å². The summed E-state index contributed by atoms with van der Waals surface area (Å²) in [5.74, 6) is 0. The van der Waals surface area contributed by atoms with Gasteiger partial charge in [0.2, 0.25) is 0 Å². The molecule has 0 amide bonds. The zero-order valence-electron chi connectivity index (χ0n) is 12.9. The van der Waals surface area contributed by atoms with Crippen molar-refractivity contribution >= 4 is 18.9 Å². The van der Waals surface area contributed by atoms with E-state index in [1.54, 1.807) is 0 Å². The molecule has 21 heavy (non-hydrogen) atoms. The zero-order valence-corrected chi connectivity index (χ0v) is 13.9. The first-order valence-electron chi connectivity index (χ1n) is 7.47. The van der Waals surface area contributed by atoms with E-state index in [1.165, 1.54) is 21.5 Å². The maximum absolute atomic E-state index is 6.68. The molecule has 0 radical (unpaired) electrons. The second-order valence-corrected chi connectivity index (χ2v) is 9.65. The molecule has 0 N–H and O–H groups in total. The van der Waals surface area contributed by atoms with Crippen molar-refractivity contribution in [2.45, 2.75) is 38.9 Å². The van der Waals surface area contributed by atoms with Gasteiger partial charge in [-0.25, -0.2) is 0 Å². The summed E-state index contributed by atoms with van der Waals surface area (Å²) in [5.41, 5.74) is 1.94. The van der Waals surface area contributed by atoms with Crippen molar-refractivity contribution in [3.63, 3.8) is 0 Å². The van der Waals surface area contributed by atoms with Crippen LogP contribution in [0, 0.1) is 0 Å². The number of fused-ring (bicyclic) bond motifs is 5. The molecule has 2 aliphatic rings. The van der Waals surface area contributed by atoms with Gasteiger partial charge in [0.05, 0.1) is 11.2 Å². The van der Waals surface area contributed by atoms with Gasteiger partial charge in [-0.3, -0.25) is 0 Å². The van der Waals surface area contributed by atoms with Crippen molar-refractivity contribution in [3.05, 3.63) is 48.5 Å². The maximum atomic E-state index is 6.68. The van der Waals surface area contributed by atoms with Gasteiger partial charge in [0, 0.05) is 10.4 Å². The Bertz CT molecular complexity index is 670. The van der Waals surface area contributed by atoms with E-state index in [9.17, 15) is 0 Å². The van der Waals surface area contributed by atoms with Gasteiger partial charge in [-0.2, -0.15) is 0 Å². The Morgan fingerprint density at radius 1 is 0.667 bits per heavy atom. The third kappa shape index (κ3) is 1.54. The van der Waals surface area contributed by atoms with Crippen LogP contribution in [0.1, 0.15) is 27.7 Å². The molecule has 0 saturated carbocycles. The average molecular weight is 296 g/mol. The molecule has 108 valence electrons. The largest absolute Gasteiger partial charge is 0.409 e. The highest BCUT2D eigenvalue weighted by molar-refractivity contribution is 6.97. The fraction of sp³-hybridized carbons (Fsp3) is 0.333. The zero-order chi connectivity index (χ0) is 14.9. The highest BCUT2D eigenvalue weighted by Crippen LogP contribution is 2.44. The maximum Gasteiger partial charge on any atom is 0.409 e. The van der Waals surface area contributed by atoms with E-state index < -0.39 is 8.56 Å². The Balaban J connectivity index is 2.03. The van der Waals surface area contributed by atoms with E-state index in [-0.39, 0.29) is 11.2 Å². The third-order valence-corrected chi connectivity index (χ3v) is 8.99. The standard InChI is InChI=1S/C18H20O2Si/c1-17(2)18(3,4)20-21(19-17)15-11-7-5-9-13(15)14-10-6-8-12-16(14)21/h5-12H,1-4H3. The second-order valence-electron chi connectivity index (χ2n) is 6.93. The van der Waals surface area contributed by atoms with Crippen molar-refractivity contribution < 1.29 is 8.85 Å². The van der Waals surface area contributed by atoms with Crippen LogP contribution in [0.4, 0.5) is 0 Å². The van der Waals surface area contributed by atoms with Crippen LogP contribution < -0.4 is 10.4 Å². The van der Waals surface area contributed by atoms with Crippen LogP contribution in [-0.2, 0) is 8.85 Å². The molecular formula is C18H20O2Si. The summed E-state index contributed by atoms with van der Waals surface area (Å²) < 4.78 is 13.4. The molecule has 3 heteroatoms. The van der Waals surface area contributed by atoms with Crippen LogP contribution >= 0.6 is 0 Å². The van der Waals surface area contributed by atoms with Gasteiger partial charge >= 0.3 is 8.56 Å². The minimum Gasteiger partial charge on any atom is -0.379 e. The fourth-order valence-corrected chi connectivity index (χ4v) is 7.84. The second kappa shape index (κ2) is 3.86. The number of rotatable bonds is 0. The van der Waals surface area contributed by atoms with Gasteiger partial charge in [0.15, 0.2) is 0 Å². The minimum atomic E-state index is -2.58. The Morgan fingerprint density at radius 2 is 1.05 bits per heavy atom. The smallest absolute Gasteiger partial charge is 0.379 e. The normalized spacial score (nSPS) is 23.0. The first-order chi connectivity index (χ1) is 9.87. The first-order valence-corrected chi connectivity index (χ1v) is 9.29. The van der Waals surface area contributed by atoms with Crippen molar-refractivity contribution in [2.24, 2.45) is 0 Å². The van der Waals surface area contributed by atoms with Crippen molar-refractivity contribution in [1.29, 1.82) is 0 Å². The van der Waals surface area contributed by atoms with Crippen molar-refractivity contribution in [1.82, 2.24) is 0 Å². The molecule has 1 saturated heterocycles. The van der Waals surface area contributed by atoms with E-state index in [1.807, 2.05) is 0 Å². The Hall–Kier alpha value is -1.42. The number of benzene rings is 2. The molecule has 2 nitrogen and oxygen atoms in total. The van der Waals surface area contributed by atoms with Gasteiger partial charge in [0.25, 0.3) is 0 Å². The molecule has 0 aliphatic carbocycles. The summed E-state index contributed by atoms with van der Waals surface area (Å²) >= 11 is 0. The minimum absolute atomic E-state index is 0.302. The Kier molecular flexibility index (Phi) is 2.43. The van der Waals surface area contributed by atoms with Crippen molar-refractivity contribution in [2.75, 3.05) is 0 Å². The quantitative estimate of drug-likeness (QED) is 0.696. The Morgan fingerprint density at radius 3 is 1.48 bits per heavy atom. The molecule has 1 spiro atoms. The lowest BCUT2D eigenvalue weighted by atomic mass is 9.90. The molecule has 4 rings (SSSR count). The van der Waals surface area contributed by atoms with Gasteiger partial charge in [-0.05, 0) is 38.8 Å². The molecule has 2 aliphatic heterocycles. The van der Waals surface area contributed by atoms with Gasteiger partial charge in [0.1, 0.15) is 0 Å². The lowest BCUT2D eigenvalue weighted by Crippen LogP contribution is -2.58. The van der Waals surface area contributed by atoms with Gasteiger partial charge in [-0.1, -0.05) is 48.5 Å². The molecule has 2 heterocycles. The predicted molar refractivity (Wildman–Crippen MR) is 87.2 cm³/mol. The number of hydrogen-bond acceptors (Lipinski definition) is 2. The molecule has 0 atom stereocenters. The third-order valence-electron chi connectivity index (χ3n) is 5.10. The fourth-order valence-electron chi connectivity index (χ4n) is 3.36. The first kappa shape index (κ1) is 13.3. The monoisotopic (exact) mass is 296 g/mol. The summed E-state index contributed by atoms with van der Waals surface area (Å²) in [4.78, 5) is 0. The summed E-state index contributed by atoms with van der Waals surface area (Å²) in [6.45, 7) is 8.55. The van der Waals surface area contributed by atoms with Crippen LogP contribution in [-0.4, -0.2) is 19.8 Å². The topological polar surface area (TPSA) is 18.5 Å².